The number of aromatic nitrogens is 2. The zero-order chi connectivity index (χ0) is 22.9. The first-order chi connectivity index (χ1) is 16.1. The van der Waals surface area contributed by atoms with Crippen LogP contribution < -0.4 is 10.1 Å². The Morgan fingerprint density at radius 2 is 1.82 bits per heavy atom. The van der Waals surface area contributed by atoms with Gasteiger partial charge in [0.05, 0.1) is 18.5 Å². The molecule has 1 aliphatic heterocycles. The van der Waals surface area contributed by atoms with Crippen molar-refractivity contribution in [3.05, 3.63) is 84.2 Å². The molecule has 0 fully saturated rings. The number of thiocarbonyl (C=S) groups is 1. The molecule has 2 aromatic heterocycles. The average Bonchev–Trinajstić information content (AvgIpc) is 3.26. The topological polar surface area (TPSA) is 30.6 Å². The van der Waals surface area contributed by atoms with Gasteiger partial charge in [-0.2, -0.15) is 0 Å². The molecule has 0 unspecified atom stereocenters. The van der Waals surface area contributed by atoms with Gasteiger partial charge < -0.3 is 14.6 Å². The van der Waals surface area contributed by atoms with Crippen LogP contribution in [0.3, 0.4) is 0 Å². The summed E-state index contributed by atoms with van der Waals surface area (Å²) in [6, 6.07) is 17.1. The number of nitrogens with zero attached hydrogens (tertiary/aromatic N) is 2. The molecule has 0 aliphatic carbocycles. The highest BCUT2D eigenvalue weighted by Crippen LogP contribution is 2.40. The zero-order valence-electron chi connectivity index (χ0n) is 19.2. The number of methoxy groups -OCH3 is 1. The Labute approximate surface area is 200 Å². The largest absolute Gasteiger partial charge is 0.497 e. The first-order valence-electron chi connectivity index (χ1n) is 11.5. The molecule has 0 amide bonds. The Bertz CT molecular complexity index is 1330. The standard InChI is InChI=1S/C28H29N3OS/c1-4-16-29-27(33)26-25(21-12-14-22(32-3)15-13-21)23-7-5-6-17-30-24(18-31(26)28(23)30)20-10-8-19(2)9-11-20/h4,8-15,18H,1,5-7,16-17H2,2-3H3,(H,29,33). The third kappa shape index (κ3) is 3.76. The van der Waals surface area contributed by atoms with Gasteiger partial charge in [0, 0.05) is 30.4 Å². The highest BCUT2D eigenvalue weighted by Gasteiger charge is 2.28. The van der Waals surface area contributed by atoms with Crippen LogP contribution in [0.1, 0.15) is 29.7 Å². The fraction of sp³-hybridized carbons (Fsp3) is 0.250. The van der Waals surface area contributed by atoms with Crippen LogP contribution in [-0.4, -0.2) is 27.6 Å². The maximum Gasteiger partial charge on any atom is 0.124 e. The summed E-state index contributed by atoms with van der Waals surface area (Å²) in [5.41, 5.74) is 9.81. The summed E-state index contributed by atoms with van der Waals surface area (Å²) in [6.45, 7) is 7.62. The van der Waals surface area contributed by atoms with Crippen LogP contribution in [0.15, 0.2) is 67.4 Å². The number of imidazole rings is 1. The monoisotopic (exact) mass is 455 g/mol. The number of nitrogens with one attached hydrogen (secondary N) is 1. The van der Waals surface area contributed by atoms with Crippen molar-refractivity contribution >= 4 is 22.9 Å². The normalized spacial score (nSPS) is 13.0. The predicted octanol–water partition coefficient (Wildman–Crippen LogP) is 6.18. The van der Waals surface area contributed by atoms with Crippen LogP contribution >= 0.6 is 12.2 Å². The number of benzene rings is 2. The number of hydrogen-bond acceptors (Lipinski definition) is 2. The smallest absolute Gasteiger partial charge is 0.124 e. The summed E-state index contributed by atoms with van der Waals surface area (Å²) in [5, 5.41) is 3.38. The molecule has 3 heterocycles. The van der Waals surface area contributed by atoms with Crippen molar-refractivity contribution in [1.29, 1.82) is 0 Å². The van der Waals surface area contributed by atoms with Crippen molar-refractivity contribution in [3.8, 4) is 28.1 Å². The van der Waals surface area contributed by atoms with Crippen molar-refractivity contribution in [3.63, 3.8) is 0 Å². The summed E-state index contributed by atoms with van der Waals surface area (Å²) < 4.78 is 10.2. The van der Waals surface area contributed by atoms with E-state index >= 15 is 0 Å². The molecule has 0 saturated carbocycles. The summed E-state index contributed by atoms with van der Waals surface area (Å²) in [5.74, 6) is 0.855. The highest BCUT2D eigenvalue weighted by molar-refractivity contribution is 7.80. The molecule has 4 aromatic rings. The van der Waals surface area contributed by atoms with Gasteiger partial charge in [-0.25, -0.2) is 0 Å². The lowest BCUT2D eigenvalue weighted by Crippen LogP contribution is -2.24. The molecule has 0 atom stereocenters. The fourth-order valence-electron chi connectivity index (χ4n) is 4.88. The van der Waals surface area contributed by atoms with Crippen molar-refractivity contribution in [1.82, 2.24) is 14.3 Å². The lowest BCUT2D eigenvalue weighted by Gasteiger charge is -2.12. The molecule has 2 aromatic carbocycles. The lowest BCUT2D eigenvalue weighted by molar-refractivity contribution is 0.415. The maximum absolute atomic E-state index is 5.94. The summed E-state index contributed by atoms with van der Waals surface area (Å²) in [4.78, 5) is 0.746. The van der Waals surface area contributed by atoms with Gasteiger partial charge >= 0.3 is 0 Å². The Kier molecular flexibility index (Phi) is 5.81. The molecule has 1 aliphatic rings. The predicted molar refractivity (Wildman–Crippen MR) is 140 cm³/mol. The minimum atomic E-state index is 0.634. The second-order valence-corrected chi connectivity index (χ2v) is 9.02. The van der Waals surface area contributed by atoms with E-state index in [4.69, 9.17) is 17.0 Å². The van der Waals surface area contributed by atoms with E-state index in [0.717, 1.165) is 47.8 Å². The quantitative estimate of drug-likeness (QED) is 0.278. The summed E-state index contributed by atoms with van der Waals surface area (Å²) >= 11 is 5.94. The molecule has 0 bridgehead atoms. The Morgan fingerprint density at radius 1 is 1.09 bits per heavy atom. The van der Waals surface area contributed by atoms with Crippen LogP contribution in [0.25, 0.3) is 28.0 Å². The molecule has 5 rings (SSSR count). The number of rotatable bonds is 6. The molecule has 33 heavy (non-hydrogen) atoms. The van der Waals surface area contributed by atoms with Crippen LogP contribution in [0.5, 0.6) is 5.75 Å². The molecular formula is C28H29N3OS. The molecule has 0 saturated heterocycles. The van der Waals surface area contributed by atoms with Crippen LogP contribution in [0.2, 0.25) is 0 Å². The fourth-order valence-corrected chi connectivity index (χ4v) is 5.16. The van der Waals surface area contributed by atoms with Gasteiger partial charge in [-0.3, -0.25) is 4.40 Å². The van der Waals surface area contributed by atoms with Gasteiger partial charge in [0.1, 0.15) is 16.4 Å². The number of ether oxygens (including phenoxy) is 1. The van der Waals surface area contributed by atoms with Gasteiger partial charge in [0.2, 0.25) is 0 Å². The Balaban J connectivity index is 1.79. The van der Waals surface area contributed by atoms with E-state index in [1.54, 1.807) is 7.11 Å². The van der Waals surface area contributed by atoms with Crippen LogP contribution in [0.4, 0.5) is 0 Å². The zero-order valence-corrected chi connectivity index (χ0v) is 20.0. The van der Waals surface area contributed by atoms with E-state index in [9.17, 15) is 0 Å². The van der Waals surface area contributed by atoms with E-state index in [2.05, 4.69) is 70.4 Å². The molecule has 0 spiro atoms. The molecular weight excluding hydrogens is 426 g/mol. The molecule has 168 valence electrons. The van der Waals surface area contributed by atoms with E-state index in [1.165, 1.54) is 33.6 Å². The van der Waals surface area contributed by atoms with Crippen molar-refractivity contribution in [2.75, 3.05) is 13.7 Å². The van der Waals surface area contributed by atoms with Gasteiger partial charge in [0.15, 0.2) is 0 Å². The van der Waals surface area contributed by atoms with Crippen molar-refractivity contribution in [2.24, 2.45) is 0 Å². The minimum absolute atomic E-state index is 0.634. The number of aryl methyl sites for hydroxylation is 3. The maximum atomic E-state index is 5.94. The van der Waals surface area contributed by atoms with Crippen LogP contribution in [0, 0.1) is 6.92 Å². The minimum Gasteiger partial charge on any atom is -0.497 e. The van der Waals surface area contributed by atoms with Gasteiger partial charge in [-0.15, -0.1) is 6.58 Å². The second-order valence-electron chi connectivity index (χ2n) is 8.61. The number of hydrogen-bond donors (Lipinski definition) is 1. The third-order valence-electron chi connectivity index (χ3n) is 6.48. The van der Waals surface area contributed by atoms with Crippen molar-refractivity contribution in [2.45, 2.75) is 32.7 Å². The van der Waals surface area contributed by atoms with Gasteiger partial charge in [-0.05, 0) is 49.4 Å². The van der Waals surface area contributed by atoms with Crippen LogP contribution in [-0.2, 0) is 13.0 Å². The Morgan fingerprint density at radius 3 is 2.52 bits per heavy atom. The first kappa shape index (κ1) is 21.5. The summed E-state index contributed by atoms with van der Waals surface area (Å²) in [6.07, 6.45) is 7.46. The third-order valence-corrected chi connectivity index (χ3v) is 6.82. The Hall–Kier alpha value is -3.31. The molecule has 5 heteroatoms. The average molecular weight is 456 g/mol. The van der Waals surface area contributed by atoms with E-state index in [0.29, 0.717) is 6.54 Å². The molecule has 4 nitrogen and oxygen atoms in total. The molecule has 0 radical (unpaired) electrons. The van der Waals surface area contributed by atoms with Gasteiger partial charge in [-0.1, -0.05) is 60.3 Å². The SMILES string of the molecule is C=CCNC(=S)c1c(-c2ccc(OC)cc2)c2c3n(c(-c4ccc(C)cc4)cn13)CCCC2. The van der Waals surface area contributed by atoms with E-state index < -0.39 is 0 Å². The lowest BCUT2D eigenvalue weighted by atomic mass is 9.98. The second kappa shape index (κ2) is 8.91. The van der Waals surface area contributed by atoms with Crippen molar-refractivity contribution < 1.29 is 4.74 Å². The van der Waals surface area contributed by atoms with E-state index in [-0.39, 0.29) is 0 Å². The van der Waals surface area contributed by atoms with E-state index in [1.807, 2.05) is 18.2 Å². The highest BCUT2D eigenvalue weighted by atomic mass is 32.1. The summed E-state index contributed by atoms with van der Waals surface area (Å²) in [7, 11) is 1.70. The molecule has 1 N–H and O–H groups in total. The van der Waals surface area contributed by atoms with Gasteiger partial charge in [0.25, 0.3) is 0 Å². The first-order valence-corrected chi connectivity index (χ1v) is 11.9.